The molecule has 0 saturated carbocycles. The molecule has 100 valence electrons. The average Bonchev–Trinajstić information content (AvgIpc) is 2.31. The van der Waals surface area contributed by atoms with Crippen molar-refractivity contribution in [3.05, 3.63) is 46.5 Å². The van der Waals surface area contributed by atoms with Crippen LogP contribution >= 0.6 is 0 Å². The summed E-state index contributed by atoms with van der Waals surface area (Å²) < 4.78 is 5.31. The molecular formula is C17H20O2. The molecule has 0 bridgehead atoms. The van der Waals surface area contributed by atoms with Crippen LogP contribution in [0.4, 0.5) is 0 Å². The number of aromatic hydroxyl groups is 1. The first kappa shape index (κ1) is 13.5. The Balaban J connectivity index is 2.73. The monoisotopic (exact) mass is 256 g/mol. The molecule has 0 fully saturated rings. The SMILES string of the molecule is COc1cc(C)c(-c2c(C)cc(O)cc2C)c(C)c1. The van der Waals surface area contributed by atoms with Crippen molar-refractivity contribution in [3.63, 3.8) is 0 Å². The highest BCUT2D eigenvalue weighted by atomic mass is 16.5. The Kier molecular flexibility index (Phi) is 3.52. The fourth-order valence-corrected chi connectivity index (χ4v) is 2.77. The zero-order valence-electron chi connectivity index (χ0n) is 12.2. The maximum absolute atomic E-state index is 9.67. The number of benzene rings is 2. The second-order valence-corrected chi connectivity index (χ2v) is 5.09. The van der Waals surface area contributed by atoms with Gasteiger partial charge in [-0.1, -0.05) is 0 Å². The molecule has 1 N–H and O–H groups in total. The van der Waals surface area contributed by atoms with E-state index < -0.39 is 0 Å². The van der Waals surface area contributed by atoms with E-state index in [0.717, 1.165) is 16.9 Å². The third-order valence-electron chi connectivity index (χ3n) is 3.51. The molecular weight excluding hydrogens is 236 g/mol. The van der Waals surface area contributed by atoms with Crippen LogP contribution in [-0.4, -0.2) is 12.2 Å². The maximum atomic E-state index is 9.67. The zero-order valence-corrected chi connectivity index (χ0v) is 12.2. The smallest absolute Gasteiger partial charge is 0.119 e. The third-order valence-corrected chi connectivity index (χ3v) is 3.51. The standard InChI is InChI=1S/C17H20O2/c1-10-6-14(18)7-11(2)16(10)17-12(3)8-15(19-5)9-13(17)4/h6-9,18H,1-5H3. The van der Waals surface area contributed by atoms with Gasteiger partial charge in [-0.25, -0.2) is 0 Å². The van der Waals surface area contributed by atoms with E-state index in [1.807, 2.05) is 38.1 Å². The van der Waals surface area contributed by atoms with E-state index in [9.17, 15) is 5.11 Å². The summed E-state index contributed by atoms with van der Waals surface area (Å²) in [5.41, 5.74) is 7.00. The van der Waals surface area contributed by atoms with Crippen LogP contribution in [0.2, 0.25) is 0 Å². The van der Waals surface area contributed by atoms with E-state index in [-0.39, 0.29) is 0 Å². The number of hydrogen-bond donors (Lipinski definition) is 1. The molecule has 0 aliphatic rings. The number of aryl methyl sites for hydroxylation is 4. The average molecular weight is 256 g/mol. The summed E-state index contributed by atoms with van der Waals surface area (Å²) in [5.74, 6) is 1.20. The summed E-state index contributed by atoms with van der Waals surface area (Å²) in [7, 11) is 1.69. The first-order chi connectivity index (χ1) is 8.93. The van der Waals surface area contributed by atoms with Gasteiger partial charge in [0.2, 0.25) is 0 Å². The van der Waals surface area contributed by atoms with Crippen LogP contribution in [0.25, 0.3) is 11.1 Å². The van der Waals surface area contributed by atoms with Crippen molar-refractivity contribution in [2.45, 2.75) is 27.7 Å². The van der Waals surface area contributed by atoms with E-state index in [1.54, 1.807) is 7.11 Å². The van der Waals surface area contributed by atoms with Crippen LogP contribution in [0, 0.1) is 27.7 Å². The van der Waals surface area contributed by atoms with Gasteiger partial charge in [-0.2, -0.15) is 0 Å². The number of phenols is 1. The normalized spacial score (nSPS) is 10.6. The lowest BCUT2D eigenvalue weighted by Crippen LogP contribution is -1.95. The lowest BCUT2D eigenvalue weighted by molar-refractivity contribution is 0.414. The molecule has 2 heteroatoms. The predicted molar refractivity (Wildman–Crippen MR) is 79.0 cm³/mol. The Morgan fingerprint density at radius 2 is 1.11 bits per heavy atom. The molecule has 2 nitrogen and oxygen atoms in total. The van der Waals surface area contributed by atoms with Crippen molar-refractivity contribution < 1.29 is 9.84 Å². The van der Waals surface area contributed by atoms with Crippen LogP contribution in [-0.2, 0) is 0 Å². The molecule has 0 aliphatic carbocycles. The largest absolute Gasteiger partial charge is 0.508 e. The molecule has 0 heterocycles. The highest BCUT2D eigenvalue weighted by Crippen LogP contribution is 2.36. The Bertz CT molecular complexity index is 581. The number of phenolic OH excluding ortho intramolecular Hbond substituents is 1. The van der Waals surface area contributed by atoms with E-state index in [1.165, 1.54) is 22.3 Å². The van der Waals surface area contributed by atoms with Crippen LogP contribution in [0.15, 0.2) is 24.3 Å². The summed E-state index contributed by atoms with van der Waals surface area (Å²) in [4.78, 5) is 0. The van der Waals surface area contributed by atoms with Crippen molar-refractivity contribution in [1.82, 2.24) is 0 Å². The topological polar surface area (TPSA) is 29.5 Å². The highest BCUT2D eigenvalue weighted by Gasteiger charge is 2.13. The van der Waals surface area contributed by atoms with Gasteiger partial charge in [0, 0.05) is 0 Å². The zero-order chi connectivity index (χ0) is 14.2. The first-order valence-electron chi connectivity index (χ1n) is 6.40. The minimum atomic E-state index is 0.322. The summed E-state index contributed by atoms with van der Waals surface area (Å²) >= 11 is 0. The summed E-state index contributed by atoms with van der Waals surface area (Å²) in [6.07, 6.45) is 0. The van der Waals surface area contributed by atoms with Gasteiger partial charge < -0.3 is 9.84 Å². The molecule has 0 amide bonds. The molecule has 0 saturated heterocycles. The van der Waals surface area contributed by atoms with Gasteiger partial charge in [0.15, 0.2) is 0 Å². The van der Waals surface area contributed by atoms with Crippen LogP contribution < -0.4 is 4.74 Å². The minimum absolute atomic E-state index is 0.322. The quantitative estimate of drug-likeness (QED) is 0.868. The summed E-state index contributed by atoms with van der Waals surface area (Å²) in [6, 6.07) is 7.72. The third kappa shape index (κ3) is 2.43. The molecule has 0 aliphatic heterocycles. The van der Waals surface area contributed by atoms with Gasteiger partial charge in [-0.3, -0.25) is 0 Å². The molecule has 0 radical (unpaired) electrons. The van der Waals surface area contributed by atoms with E-state index in [4.69, 9.17) is 4.74 Å². The van der Waals surface area contributed by atoms with Crippen LogP contribution in [0.5, 0.6) is 11.5 Å². The fraction of sp³-hybridized carbons (Fsp3) is 0.294. The Morgan fingerprint density at radius 3 is 1.47 bits per heavy atom. The number of ether oxygens (including phenoxy) is 1. The Labute approximate surface area is 114 Å². The number of rotatable bonds is 2. The molecule has 2 rings (SSSR count). The van der Waals surface area contributed by atoms with Gasteiger partial charge in [0.1, 0.15) is 11.5 Å². The predicted octanol–water partition coefficient (Wildman–Crippen LogP) is 4.30. The van der Waals surface area contributed by atoms with E-state index >= 15 is 0 Å². The minimum Gasteiger partial charge on any atom is -0.508 e. The lowest BCUT2D eigenvalue weighted by atomic mass is 9.89. The Morgan fingerprint density at radius 1 is 0.737 bits per heavy atom. The van der Waals surface area contributed by atoms with Crippen LogP contribution in [0.1, 0.15) is 22.3 Å². The fourth-order valence-electron chi connectivity index (χ4n) is 2.77. The van der Waals surface area contributed by atoms with Crippen molar-refractivity contribution in [2.75, 3.05) is 7.11 Å². The molecule has 0 unspecified atom stereocenters. The highest BCUT2D eigenvalue weighted by molar-refractivity contribution is 5.77. The van der Waals surface area contributed by atoms with Gasteiger partial charge in [0.25, 0.3) is 0 Å². The van der Waals surface area contributed by atoms with Crippen molar-refractivity contribution >= 4 is 0 Å². The van der Waals surface area contributed by atoms with Gasteiger partial charge >= 0.3 is 0 Å². The second kappa shape index (κ2) is 4.96. The Hall–Kier alpha value is -1.96. The maximum Gasteiger partial charge on any atom is 0.119 e. The lowest BCUT2D eigenvalue weighted by Gasteiger charge is -2.17. The molecule has 2 aromatic rings. The second-order valence-electron chi connectivity index (χ2n) is 5.09. The molecule has 0 aromatic heterocycles. The van der Waals surface area contributed by atoms with Gasteiger partial charge in [-0.15, -0.1) is 0 Å². The van der Waals surface area contributed by atoms with Gasteiger partial charge in [-0.05, 0) is 85.3 Å². The molecule has 19 heavy (non-hydrogen) atoms. The summed E-state index contributed by atoms with van der Waals surface area (Å²) in [5, 5.41) is 9.67. The van der Waals surface area contributed by atoms with Crippen LogP contribution in [0.3, 0.4) is 0 Å². The molecule has 0 atom stereocenters. The van der Waals surface area contributed by atoms with Crippen molar-refractivity contribution in [3.8, 4) is 22.6 Å². The summed E-state index contributed by atoms with van der Waals surface area (Å²) in [6.45, 7) is 8.25. The number of methoxy groups -OCH3 is 1. The van der Waals surface area contributed by atoms with E-state index in [2.05, 4.69) is 13.8 Å². The molecule has 0 spiro atoms. The van der Waals surface area contributed by atoms with E-state index in [0.29, 0.717) is 5.75 Å². The first-order valence-corrected chi connectivity index (χ1v) is 6.40. The number of hydrogen-bond acceptors (Lipinski definition) is 2. The van der Waals surface area contributed by atoms with Gasteiger partial charge in [0.05, 0.1) is 7.11 Å². The molecule has 2 aromatic carbocycles. The van der Waals surface area contributed by atoms with Crippen molar-refractivity contribution in [2.24, 2.45) is 0 Å². The van der Waals surface area contributed by atoms with Crippen molar-refractivity contribution in [1.29, 1.82) is 0 Å².